The summed E-state index contributed by atoms with van der Waals surface area (Å²) in [6.07, 6.45) is 10.2. The summed E-state index contributed by atoms with van der Waals surface area (Å²) in [5.41, 5.74) is 1.75. The van der Waals surface area contributed by atoms with Crippen LogP contribution in [0.4, 0.5) is 16.0 Å². The lowest BCUT2D eigenvalue weighted by Crippen LogP contribution is -2.35. The zero-order valence-corrected chi connectivity index (χ0v) is 24.3. The maximum atomic E-state index is 14.9. The van der Waals surface area contributed by atoms with Gasteiger partial charge in [-0.15, -0.1) is 0 Å². The van der Waals surface area contributed by atoms with E-state index in [-0.39, 0.29) is 11.4 Å². The van der Waals surface area contributed by atoms with Crippen molar-refractivity contribution in [2.45, 2.75) is 43.9 Å². The number of benzene rings is 2. The molecule has 3 heterocycles. The third-order valence-electron chi connectivity index (χ3n) is 7.20. The van der Waals surface area contributed by atoms with Crippen molar-refractivity contribution in [2.75, 3.05) is 29.3 Å². The van der Waals surface area contributed by atoms with Crippen LogP contribution in [-0.4, -0.2) is 43.1 Å². The molecule has 0 saturated carbocycles. The molecular weight excluding hydrogens is 576 g/mol. The number of nitrogens with one attached hydrogen (secondary N) is 2. The molecule has 2 N–H and O–H groups in total. The molecule has 2 aromatic heterocycles. The van der Waals surface area contributed by atoms with E-state index in [1.54, 1.807) is 0 Å². The number of halogens is 3. The topological polar surface area (TPSA) is 100 Å². The van der Waals surface area contributed by atoms with Gasteiger partial charge in [0, 0.05) is 43.1 Å². The van der Waals surface area contributed by atoms with Gasteiger partial charge in [0.1, 0.15) is 16.5 Å². The summed E-state index contributed by atoms with van der Waals surface area (Å²) >= 11 is 12.3. The normalized spacial score (nSPS) is 14.6. The summed E-state index contributed by atoms with van der Waals surface area (Å²) in [5.74, 6) is 0.751. The van der Waals surface area contributed by atoms with Gasteiger partial charge in [-0.05, 0) is 67.9 Å². The van der Waals surface area contributed by atoms with Gasteiger partial charge in [-0.25, -0.2) is 22.8 Å². The number of piperidine rings is 1. The van der Waals surface area contributed by atoms with E-state index in [4.69, 9.17) is 27.9 Å². The van der Waals surface area contributed by atoms with E-state index in [1.165, 1.54) is 30.5 Å². The third-order valence-corrected chi connectivity index (χ3v) is 9.21. The highest BCUT2D eigenvalue weighted by atomic mass is 35.5. The molecule has 0 unspecified atom stereocenters. The Hall–Kier alpha value is -3.08. The SMILES string of the molecule is CCc1cnc(N2CCC(CCCOc3ccc(S(=O)(=O)Nc4ccc(Cl)c5c(Cl)c[nH]c45)c(F)c3)CC2)nc1. The average Bonchev–Trinajstić information content (AvgIpc) is 3.35. The van der Waals surface area contributed by atoms with Crippen molar-refractivity contribution in [2.24, 2.45) is 5.92 Å². The van der Waals surface area contributed by atoms with Crippen LogP contribution >= 0.6 is 23.2 Å². The van der Waals surface area contributed by atoms with Crippen LogP contribution in [0.5, 0.6) is 5.75 Å². The zero-order chi connectivity index (χ0) is 28.3. The first kappa shape index (κ1) is 28.4. The second-order valence-electron chi connectivity index (χ2n) is 9.85. The van der Waals surface area contributed by atoms with E-state index in [2.05, 4.69) is 31.5 Å². The van der Waals surface area contributed by atoms with Gasteiger partial charge >= 0.3 is 0 Å². The zero-order valence-electron chi connectivity index (χ0n) is 22.0. The van der Waals surface area contributed by atoms with Crippen LogP contribution in [0.3, 0.4) is 0 Å². The maximum absolute atomic E-state index is 14.9. The van der Waals surface area contributed by atoms with Crippen LogP contribution in [0.2, 0.25) is 10.0 Å². The molecule has 1 aliphatic rings. The van der Waals surface area contributed by atoms with Crippen molar-refractivity contribution in [1.29, 1.82) is 0 Å². The number of anilines is 2. The Bertz CT molecular complexity index is 1590. The number of fused-ring (bicyclic) bond motifs is 1. The molecule has 0 bridgehead atoms. The van der Waals surface area contributed by atoms with Crippen molar-refractivity contribution in [3.05, 3.63) is 70.3 Å². The van der Waals surface area contributed by atoms with Gasteiger partial charge in [0.2, 0.25) is 5.95 Å². The van der Waals surface area contributed by atoms with Gasteiger partial charge in [-0.3, -0.25) is 4.72 Å². The van der Waals surface area contributed by atoms with Crippen LogP contribution in [0.15, 0.2) is 53.8 Å². The minimum atomic E-state index is -4.22. The number of aryl methyl sites for hydroxylation is 1. The number of hydrogen-bond acceptors (Lipinski definition) is 6. The minimum Gasteiger partial charge on any atom is -0.493 e. The quantitative estimate of drug-likeness (QED) is 0.192. The number of aromatic amines is 1. The van der Waals surface area contributed by atoms with Gasteiger partial charge in [-0.1, -0.05) is 30.1 Å². The Morgan fingerprint density at radius 1 is 1.12 bits per heavy atom. The van der Waals surface area contributed by atoms with Crippen molar-refractivity contribution >= 4 is 55.8 Å². The number of ether oxygens (including phenoxy) is 1. The molecular formula is C28H30Cl2FN5O3S. The molecule has 2 aromatic carbocycles. The number of sulfonamides is 1. The molecule has 8 nitrogen and oxygen atoms in total. The summed E-state index contributed by atoms with van der Waals surface area (Å²) in [6, 6.07) is 6.78. The molecule has 40 heavy (non-hydrogen) atoms. The van der Waals surface area contributed by atoms with E-state index in [9.17, 15) is 12.8 Å². The lowest BCUT2D eigenvalue weighted by molar-refractivity contribution is 0.277. The number of nitrogens with zero attached hydrogens (tertiary/aromatic N) is 3. The molecule has 212 valence electrons. The lowest BCUT2D eigenvalue weighted by Gasteiger charge is -2.32. The molecule has 12 heteroatoms. The molecule has 0 amide bonds. The first-order chi connectivity index (χ1) is 19.2. The number of aromatic nitrogens is 3. The Morgan fingerprint density at radius 2 is 1.88 bits per heavy atom. The van der Waals surface area contributed by atoms with E-state index in [0.717, 1.165) is 62.8 Å². The fourth-order valence-corrected chi connectivity index (χ4v) is 6.61. The van der Waals surface area contributed by atoms with Crippen molar-refractivity contribution in [3.8, 4) is 5.75 Å². The average molecular weight is 607 g/mol. The maximum Gasteiger partial charge on any atom is 0.264 e. The van der Waals surface area contributed by atoms with E-state index >= 15 is 0 Å². The molecule has 4 aromatic rings. The smallest absolute Gasteiger partial charge is 0.264 e. The van der Waals surface area contributed by atoms with Crippen LogP contribution in [-0.2, 0) is 16.4 Å². The van der Waals surface area contributed by atoms with Crippen LogP contribution in [0, 0.1) is 11.7 Å². The molecule has 0 atom stereocenters. The predicted octanol–water partition coefficient (Wildman–Crippen LogP) is 6.84. The van der Waals surface area contributed by atoms with Gasteiger partial charge in [-0.2, -0.15) is 0 Å². The Morgan fingerprint density at radius 3 is 2.58 bits per heavy atom. The largest absolute Gasteiger partial charge is 0.493 e. The first-order valence-corrected chi connectivity index (χ1v) is 15.4. The standard InChI is InChI=1S/C28H30Cl2FN5O3S/c1-2-18-15-33-28(34-16-18)36-11-9-19(10-12-36)4-3-13-39-20-5-8-25(23(31)14-20)40(37,38)35-24-7-6-21(29)26-22(30)17-32-27(24)26/h5-8,14-17,19,32,35H,2-4,9-13H2,1H3. The van der Waals surface area contributed by atoms with Crippen molar-refractivity contribution in [1.82, 2.24) is 15.0 Å². The predicted molar refractivity (Wildman–Crippen MR) is 157 cm³/mol. The number of hydrogen-bond donors (Lipinski definition) is 2. The first-order valence-electron chi connectivity index (χ1n) is 13.2. The highest BCUT2D eigenvalue weighted by molar-refractivity contribution is 7.92. The van der Waals surface area contributed by atoms with Crippen molar-refractivity contribution in [3.63, 3.8) is 0 Å². The Kier molecular flexibility index (Phi) is 8.68. The number of H-pyrrole nitrogens is 1. The Balaban J connectivity index is 1.11. The summed E-state index contributed by atoms with van der Waals surface area (Å²) in [5, 5.41) is 1.20. The lowest BCUT2D eigenvalue weighted by atomic mass is 9.92. The number of rotatable bonds is 10. The fraction of sp³-hybridized carbons (Fsp3) is 0.357. The highest BCUT2D eigenvalue weighted by Crippen LogP contribution is 2.36. The highest BCUT2D eigenvalue weighted by Gasteiger charge is 2.23. The van der Waals surface area contributed by atoms with Gasteiger partial charge < -0.3 is 14.6 Å². The summed E-state index contributed by atoms with van der Waals surface area (Å²) in [7, 11) is -4.22. The second-order valence-corrected chi connectivity index (χ2v) is 12.3. The monoisotopic (exact) mass is 605 g/mol. The van der Waals surface area contributed by atoms with Crippen molar-refractivity contribution < 1.29 is 17.5 Å². The van der Waals surface area contributed by atoms with Gasteiger partial charge in [0.15, 0.2) is 0 Å². The molecule has 0 aliphatic carbocycles. The molecule has 0 radical (unpaired) electrons. The molecule has 1 fully saturated rings. The molecule has 5 rings (SSSR count). The van der Waals surface area contributed by atoms with Crippen LogP contribution < -0.4 is 14.4 Å². The van der Waals surface area contributed by atoms with E-state index in [1.807, 2.05) is 12.4 Å². The van der Waals surface area contributed by atoms with Gasteiger partial charge in [0.05, 0.1) is 27.9 Å². The van der Waals surface area contributed by atoms with Crippen LogP contribution in [0.25, 0.3) is 10.9 Å². The fourth-order valence-electron chi connectivity index (χ4n) is 4.92. The Labute approximate surface area is 242 Å². The molecule has 1 saturated heterocycles. The summed E-state index contributed by atoms with van der Waals surface area (Å²) in [4.78, 5) is 13.6. The van der Waals surface area contributed by atoms with Crippen LogP contribution in [0.1, 0.15) is 38.2 Å². The van der Waals surface area contributed by atoms with E-state index in [0.29, 0.717) is 33.5 Å². The summed E-state index contributed by atoms with van der Waals surface area (Å²) in [6.45, 7) is 4.35. The summed E-state index contributed by atoms with van der Waals surface area (Å²) < 4.78 is 49.0. The van der Waals surface area contributed by atoms with E-state index < -0.39 is 20.7 Å². The third kappa shape index (κ3) is 6.29. The molecule has 0 spiro atoms. The van der Waals surface area contributed by atoms with Gasteiger partial charge in [0.25, 0.3) is 10.0 Å². The second kappa shape index (κ2) is 12.2. The molecule has 1 aliphatic heterocycles. The minimum absolute atomic E-state index is 0.207.